The molecule has 1 aromatic heterocycles. The van der Waals surface area contributed by atoms with Gasteiger partial charge in [0.05, 0.1) is 11.4 Å². The molecule has 1 aliphatic heterocycles. The van der Waals surface area contributed by atoms with Crippen molar-refractivity contribution in [3.8, 4) is 0 Å². The first-order valence-corrected chi connectivity index (χ1v) is 16.7. The van der Waals surface area contributed by atoms with E-state index in [1.807, 2.05) is 78.1 Å². The molecule has 8 heteroatoms. The van der Waals surface area contributed by atoms with Crippen LogP contribution in [0.25, 0.3) is 5.57 Å². The van der Waals surface area contributed by atoms with Crippen molar-refractivity contribution in [1.29, 1.82) is 0 Å². The Morgan fingerprint density at radius 3 is 2.48 bits per heavy atom. The highest BCUT2D eigenvalue weighted by Crippen LogP contribution is 2.34. The van der Waals surface area contributed by atoms with E-state index in [2.05, 4.69) is 27.4 Å². The van der Waals surface area contributed by atoms with Crippen LogP contribution in [0.1, 0.15) is 83.1 Å². The van der Waals surface area contributed by atoms with Gasteiger partial charge in [0.25, 0.3) is 0 Å². The summed E-state index contributed by atoms with van der Waals surface area (Å²) in [5.41, 5.74) is 6.60. The van der Waals surface area contributed by atoms with Gasteiger partial charge in [-0.15, -0.1) is 0 Å². The second kappa shape index (κ2) is 16.4. The molecular formula is C38H51N5O3. The topological polar surface area (TPSA) is 99.0 Å². The average Bonchev–Trinajstić information content (AvgIpc) is 3.58. The van der Waals surface area contributed by atoms with Gasteiger partial charge in [-0.3, -0.25) is 9.59 Å². The van der Waals surface area contributed by atoms with E-state index in [9.17, 15) is 9.59 Å². The predicted octanol–water partition coefficient (Wildman–Crippen LogP) is 7.63. The SMILES string of the molecule is C=C(\N=C(C)/C(=C\C)/C=C(\CC1CCCC1)C(=O)CC)Nc1ccc(/C(=C/C)c2oc(N3CCNCC3)cc(=O)c2C)cc1NC. The van der Waals surface area contributed by atoms with Crippen LogP contribution in [0.15, 0.2) is 80.2 Å². The predicted molar refractivity (Wildman–Crippen MR) is 193 cm³/mol. The number of hydrogen-bond acceptors (Lipinski definition) is 8. The molecule has 2 fully saturated rings. The molecule has 2 heterocycles. The lowest BCUT2D eigenvalue weighted by Gasteiger charge is -2.28. The lowest BCUT2D eigenvalue weighted by atomic mass is 9.92. The molecule has 246 valence electrons. The second-order valence-corrected chi connectivity index (χ2v) is 12.2. The summed E-state index contributed by atoms with van der Waals surface area (Å²) in [5.74, 6) is 2.47. The summed E-state index contributed by atoms with van der Waals surface area (Å²) in [6.45, 7) is 17.1. The van der Waals surface area contributed by atoms with Crippen LogP contribution in [0.3, 0.4) is 0 Å². The monoisotopic (exact) mass is 625 g/mol. The molecule has 2 aromatic rings. The summed E-state index contributed by atoms with van der Waals surface area (Å²) in [7, 11) is 1.87. The van der Waals surface area contributed by atoms with Crippen molar-refractivity contribution in [2.45, 2.75) is 73.1 Å². The molecule has 4 rings (SSSR count). The Balaban J connectivity index is 1.56. The average molecular weight is 626 g/mol. The zero-order valence-corrected chi connectivity index (χ0v) is 28.5. The van der Waals surface area contributed by atoms with Crippen LogP contribution >= 0.6 is 0 Å². The molecule has 8 nitrogen and oxygen atoms in total. The van der Waals surface area contributed by atoms with Gasteiger partial charge in [0.2, 0.25) is 0 Å². The number of nitrogens with one attached hydrogen (secondary N) is 3. The fourth-order valence-electron chi connectivity index (χ4n) is 6.34. The molecule has 0 radical (unpaired) electrons. The number of carbonyl (C=O) groups is 1. The summed E-state index contributed by atoms with van der Waals surface area (Å²) < 4.78 is 6.40. The van der Waals surface area contributed by atoms with Gasteiger partial charge in [-0.25, -0.2) is 4.99 Å². The van der Waals surface area contributed by atoms with Crippen LogP contribution in [0.2, 0.25) is 0 Å². The summed E-state index contributed by atoms with van der Waals surface area (Å²) >= 11 is 0. The molecule has 46 heavy (non-hydrogen) atoms. The quantitative estimate of drug-likeness (QED) is 0.120. The van der Waals surface area contributed by atoms with Gasteiger partial charge in [0.15, 0.2) is 17.1 Å². The van der Waals surface area contributed by atoms with Crippen LogP contribution in [-0.2, 0) is 4.79 Å². The normalized spacial score (nSPS) is 17.0. The second-order valence-electron chi connectivity index (χ2n) is 12.2. The number of anilines is 3. The van der Waals surface area contributed by atoms with Gasteiger partial charge in [0, 0.05) is 62.6 Å². The fraction of sp³-hybridized carbons (Fsp3) is 0.447. The van der Waals surface area contributed by atoms with Crippen molar-refractivity contribution in [2.75, 3.05) is 48.8 Å². The Morgan fingerprint density at radius 2 is 1.85 bits per heavy atom. The zero-order valence-electron chi connectivity index (χ0n) is 28.5. The molecule has 2 aliphatic rings. The van der Waals surface area contributed by atoms with Gasteiger partial charge < -0.3 is 25.3 Å². The van der Waals surface area contributed by atoms with Crippen LogP contribution in [0.5, 0.6) is 0 Å². The molecule has 0 spiro atoms. The van der Waals surface area contributed by atoms with E-state index in [0.29, 0.717) is 35.4 Å². The third-order valence-corrected chi connectivity index (χ3v) is 9.04. The largest absolute Gasteiger partial charge is 0.440 e. The standard InChI is InChI=1S/C38H51N5O3/c1-8-29(22-31(35(44)10-3)21-28-13-11-12-14-28)26(5)41-27(6)42-33-16-15-30(23-34(33)39-7)32(9-2)38-25(4)36(45)24-37(46-38)43-19-17-40-18-20-43/h8-9,15-16,22-24,28,39-40,42H,6,10-14,17-21H2,1-5,7H3/b29-8-,31-22+,32-9-,41-26-. The van der Waals surface area contributed by atoms with E-state index in [0.717, 1.165) is 72.0 Å². The number of ketones is 1. The van der Waals surface area contributed by atoms with Gasteiger partial charge >= 0.3 is 0 Å². The number of aliphatic imine (C=N–C) groups is 1. The maximum atomic E-state index is 13.0. The van der Waals surface area contributed by atoms with E-state index >= 15 is 0 Å². The summed E-state index contributed by atoms with van der Waals surface area (Å²) in [4.78, 5) is 32.7. The number of carbonyl (C=O) groups excluding carboxylic acids is 1. The van der Waals surface area contributed by atoms with Crippen molar-refractivity contribution in [2.24, 2.45) is 10.9 Å². The third-order valence-electron chi connectivity index (χ3n) is 9.04. The minimum Gasteiger partial charge on any atom is -0.440 e. The third kappa shape index (κ3) is 8.55. The lowest BCUT2D eigenvalue weighted by Crippen LogP contribution is -2.43. The summed E-state index contributed by atoms with van der Waals surface area (Å²) in [5, 5.41) is 9.97. The van der Waals surface area contributed by atoms with Gasteiger partial charge in [-0.2, -0.15) is 0 Å². The molecule has 0 bridgehead atoms. The fourth-order valence-corrected chi connectivity index (χ4v) is 6.34. The highest BCUT2D eigenvalue weighted by atomic mass is 16.4. The zero-order chi connectivity index (χ0) is 33.2. The molecule has 1 aromatic carbocycles. The number of benzene rings is 1. The molecule has 0 unspecified atom stereocenters. The lowest BCUT2D eigenvalue weighted by molar-refractivity contribution is -0.115. The molecule has 0 amide bonds. The van der Waals surface area contributed by atoms with Crippen LogP contribution in [-0.4, -0.2) is 44.7 Å². The first kappa shape index (κ1) is 34.7. The smallest absolute Gasteiger partial charge is 0.200 e. The van der Waals surface area contributed by atoms with Crippen molar-refractivity contribution >= 4 is 34.3 Å². The van der Waals surface area contributed by atoms with Crippen molar-refractivity contribution in [1.82, 2.24) is 5.32 Å². The van der Waals surface area contributed by atoms with E-state index in [1.165, 1.54) is 25.7 Å². The van der Waals surface area contributed by atoms with Crippen molar-refractivity contribution in [3.63, 3.8) is 0 Å². The number of allylic oxidation sites excluding steroid dienone is 5. The number of nitrogens with zero attached hydrogens (tertiary/aromatic N) is 2. The van der Waals surface area contributed by atoms with Gasteiger partial charge in [0.1, 0.15) is 11.6 Å². The molecule has 1 saturated carbocycles. The van der Waals surface area contributed by atoms with Crippen LogP contribution in [0, 0.1) is 12.8 Å². The Labute approximate surface area is 274 Å². The van der Waals surface area contributed by atoms with E-state index in [-0.39, 0.29) is 11.2 Å². The Morgan fingerprint density at radius 1 is 1.13 bits per heavy atom. The summed E-state index contributed by atoms with van der Waals surface area (Å²) in [6, 6.07) is 7.62. The molecular weight excluding hydrogens is 574 g/mol. The van der Waals surface area contributed by atoms with E-state index < -0.39 is 0 Å². The van der Waals surface area contributed by atoms with Crippen LogP contribution in [0.4, 0.5) is 17.3 Å². The highest BCUT2D eigenvalue weighted by molar-refractivity contribution is 6.04. The minimum absolute atomic E-state index is 0.0362. The van der Waals surface area contributed by atoms with Gasteiger partial charge in [-0.05, 0) is 75.0 Å². The Bertz CT molecular complexity index is 1600. The first-order chi connectivity index (χ1) is 22.2. The summed E-state index contributed by atoms with van der Waals surface area (Å²) in [6.07, 6.45) is 12.3. The number of Topliss-reactive ketones (excluding diaryl/α,β-unsaturated/α-hetero) is 1. The Hall–Kier alpha value is -4.17. The number of piperazine rings is 1. The molecule has 1 aliphatic carbocycles. The van der Waals surface area contributed by atoms with Crippen LogP contribution < -0.4 is 26.3 Å². The maximum Gasteiger partial charge on any atom is 0.200 e. The molecule has 0 atom stereocenters. The first-order valence-electron chi connectivity index (χ1n) is 16.7. The molecule has 3 N–H and O–H groups in total. The Kier molecular flexibility index (Phi) is 12.4. The minimum atomic E-state index is -0.0362. The van der Waals surface area contributed by atoms with E-state index in [1.54, 1.807) is 6.07 Å². The highest BCUT2D eigenvalue weighted by Gasteiger charge is 2.21. The van der Waals surface area contributed by atoms with E-state index in [4.69, 9.17) is 9.41 Å². The maximum absolute atomic E-state index is 13.0. The van der Waals surface area contributed by atoms with Crippen molar-refractivity contribution < 1.29 is 9.21 Å². The number of rotatable bonds is 13. The van der Waals surface area contributed by atoms with Gasteiger partial charge in [-0.1, -0.05) is 57.4 Å². The molecule has 1 saturated heterocycles. The van der Waals surface area contributed by atoms with Crippen molar-refractivity contribution in [3.05, 3.63) is 93.2 Å². The number of hydrogen-bond donors (Lipinski definition) is 3.